The van der Waals surface area contributed by atoms with Crippen molar-refractivity contribution in [1.82, 2.24) is 0 Å². The molecule has 0 aliphatic rings. The second kappa shape index (κ2) is 6.58. The second-order valence-corrected chi connectivity index (χ2v) is 5.52. The maximum atomic E-state index is 11.5. The lowest BCUT2D eigenvalue weighted by Crippen LogP contribution is -2.13. The van der Waals surface area contributed by atoms with Crippen molar-refractivity contribution in [2.75, 3.05) is 37.9 Å². The van der Waals surface area contributed by atoms with Crippen LogP contribution in [0.4, 0.5) is 5.69 Å². The van der Waals surface area contributed by atoms with E-state index in [1.165, 1.54) is 6.26 Å². The van der Waals surface area contributed by atoms with Crippen LogP contribution in [0.5, 0.6) is 0 Å². The van der Waals surface area contributed by atoms with Gasteiger partial charge in [-0.05, 0) is 12.1 Å². The third kappa shape index (κ3) is 4.72. The predicted molar refractivity (Wildman–Crippen MR) is 65.9 cm³/mol. The number of hydrogen-bond donors (Lipinski definition) is 2. The molecule has 0 saturated heterocycles. The van der Waals surface area contributed by atoms with Crippen molar-refractivity contribution in [3.8, 4) is 0 Å². The molecular formula is C11H17NO4S. The Labute approximate surface area is 101 Å². The van der Waals surface area contributed by atoms with Crippen molar-refractivity contribution in [3.63, 3.8) is 0 Å². The Bertz CT molecular complexity index is 445. The Morgan fingerprint density at radius 3 is 2.65 bits per heavy atom. The summed E-state index contributed by atoms with van der Waals surface area (Å²) in [6.45, 7) is 1.18. The van der Waals surface area contributed by atoms with Gasteiger partial charge in [-0.3, -0.25) is 0 Å². The van der Waals surface area contributed by atoms with E-state index in [2.05, 4.69) is 5.32 Å². The van der Waals surface area contributed by atoms with Crippen molar-refractivity contribution in [2.45, 2.75) is 4.90 Å². The van der Waals surface area contributed by atoms with E-state index in [4.69, 9.17) is 9.84 Å². The predicted octanol–water partition coefficient (Wildman–Crippen LogP) is 0.511. The number of aliphatic hydroxyl groups is 1. The first kappa shape index (κ1) is 14.0. The van der Waals surface area contributed by atoms with Crippen molar-refractivity contribution >= 4 is 15.5 Å². The van der Waals surface area contributed by atoms with Crippen LogP contribution in [0.15, 0.2) is 29.2 Å². The van der Waals surface area contributed by atoms with Crippen LogP contribution in [0.2, 0.25) is 0 Å². The van der Waals surface area contributed by atoms with E-state index >= 15 is 0 Å². The third-order valence-corrected chi connectivity index (χ3v) is 3.24. The van der Waals surface area contributed by atoms with Crippen molar-refractivity contribution in [3.05, 3.63) is 24.3 Å². The Hall–Kier alpha value is -1.11. The van der Waals surface area contributed by atoms with Crippen molar-refractivity contribution in [1.29, 1.82) is 0 Å². The molecule has 6 heteroatoms. The second-order valence-electron chi connectivity index (χ2n) is 3.53. The Morgan fingerprint density at radius 2 is 2.00 bits per heavy atom. The molecule has 5 nitrogen and oxygen atoms in total. The van der Waals surface area contributed by atoms with Gasteiger partial charge in [-0.25, -0.2) is 8.42 Å². The largest absolute Gasteiger partial charge is 0.394 e. The summed E-state index contributed by atoms with van der Waals surface area (Å²) in [5.41, 5.74) is 0.572. The van der Waals surface area contributed by atoms with E-state index < -0.39 is 9.84 Å². The van der Waals surface area contributed by atoms with Crippen LogP contribution >= 0.6 is 0 Å². The number of benzene rings is 1. The van der Waals surface area contributed by atoms with Gasteiger partial charge in [-0.1, -0.05) is 12.1 Å². The summed E-state index contributed by atoms with van der Waals surface area (Å²) < 4.78 is 28.0. The number of hydrogen-bond acceptors (Lipinski definition) is 5. The first-order valence-electron chi connectivity index (χ1n) is 5.27. The first-order chi connectivity index (χ1) is 8.05. The molecule has 0 unspecified atom stereocenters. The van der Waals surface area contributed by atoms with E-state index in [0.717, 1.165) is 0 Å². The normalized spacial score (nSPS) is 11.4. The Balaban J connectivity index is 2.59. The molecule has 1 rings (SSSR count). The van der Waals surface area contributed by atoms with Crippen LogP contribution in [0.25, 0.3) is 0 Å². The molecule has 0 spiro atoms. The minimum Gasteiger partial charge on any atom is -0.394 e. The van der Waals surface area contributed by atoms with Gasteiger partial charge in [0.15, 0.2) is 9.84 Å². The lowest BCUT2D eigenvalue weighted by Gasteiger charge is -2.10. The average Bonchev–Trinajstić information content (AvgIpc) is 2.28. The zero-order valence-corrected chi connectivity index (χ0v) is 10.5. The highest BCUT2D eigenvalue weighted by Crippen LogP contribution is 2.19. The lowest BCUT2D eigenvalue weighted by molar-refractivity contribution is 0.0992. The van der Waals surface area contributed by atoms with Gasteiger partial charge in [-0.15, -0.1) is 0 Å². The van der Waals surface area contributed by atoms with Gasteiger partial charge in [0.25, 0.3) is 0 Å². The molecule has 0 bridgehead atoms. The maximum absolute atomic E-state index is 11.5. The van der Waals surface area contributed by atoms with Crippen LogP contribution in [0.1, 0.15) is 0 Å². The number of anilines is 1. The SMILES string of the molecule is CS(=O)(=O)c1ccccc1NCCOCCO. The summed E-state index contributed by atoms with van der Waals surface area (Å²) in [6.07, 6.45) is 1.18. The molecule has 0 amide bonds. The highest BCUT2D eigenvalue weighted by molar-refractivity contribution is 7.90. The molecule has 0 atom stereocenters. The van der Waals surface area contributed by atoms with E-state index in [1.54, 1.807) is 24.3 Å². The quantitative estimate of drug-likeness (QED) is 0.698. The van der Waals surface area contributed by atoms with Gasteiger partial charge in [0.05, 0.1) is 30.4 Å². The van der Waals surface area contributed by atoms with Gasteiger partial charge >= 0.3 is 0 Å². The molecule has 1 aromatic rings. The first-order valence-corrected chi connectivity index (χ1v) is 7.16. The molecule has 0 heterocycles. The van der Waals surface area contributed by atoms with Gasteiger partial charge in [0.1, 0.15) is 0 Å². The number of aliphatic hydroxyl groups excluding tert-OH is 1. The number of sulfone groups is 1. The fourth-order valence-corrected chi connectivity index (χ4v) is 2.23. The monoisotopic (exact) mass is 259 g/mol. The minimum atomic E-state index is -3.22. The smallest absolute Gasteiger partial charge is 0.177 e. The standard InChI is InChI=1S/C11H17NO4S/c1-17(14,15)11-5-3-2-4-10(11)12-6-8-16-9-7-13/h2-5,12-13H,6-9H2,1H3. The molecule has 0 aromatic heterocycles. The minimum absolute atomic E-state index is 0.0140. The number of ether oxygens (including phenoxy) is 1. The average molecular weight is 259 g/mol. The molecule has 2 N–H and O–H groups in total. The summed E-state index contributed by atoms with van der Waals surface area (Å²) in [5.74, 6) is 0. The zero-order valence-electron chi connectivity index (χ0n) is 9.72. The molecule has 96 valence electrons. The Kier molecular flexibility index (Phi) is 5.40. The summed E-state index contributed by atoms with van der Waals surface area (Å²) >= 11 is 0. The highest BCUT2D eigenvalue weighted by Gasteiger charge is 2.11. The Morgan fingerprint density at radius 1 is 1.29 bits per heavy atom. The van der Waals surface area contributed by atoms with Crippen LogP contribution in [0, 0.1) is 0 Å². The van der Waals surface area contributed by atoms with Gasteiger partial charge in [0.2, 0.25) is 0 Å². The zero-order chi connectivity index (χ0) is 12.7. The summed E-state index contributed by atoms with van der Waals surface area (Å²) in [4.78, 5) is 0.280. The number of para-hydroxylation sites is 1. The van der Waals surface area contributed by atoms with Crippen LogP contribution in [-0.4, -0.2) is 46.1 Å². The van der Waals surface area contributed by atoms with Crippen LogP contribution in [0.3, 0.4) is 0 Å². The van der Waals surface area contributed by atoms with E-state index in [-0.39, 0.29) is 18.1 Å². The van der Waals surface area contributed by atoms with Crippen LogP contribution < -0.4 is 5.32 Å². The third-order valence-electron chi connectivity index (χ3n) is 2.08. The van der Waals surface area contributed by atoms with E-state index in [9.17, 15) is 8.42 Å². The van der Waals surface area contributed by atoms with Crippen molar-refractivity contribution < 1.29 is 18.3 Å². The molecular weight excluding hydrogens is 242 g/mol. The lowest BCUT2D eigenvalue weighted by atomic mass is 10.3. The number of nitrogens with one attached hydrogen (secondary N) is 1. The van der Waals surface area contributed by atoms with Crippen LogP contribution in [-0.2, 0) is 14.6 Å². The summed E-state index contributed by atoms with van der Waals surface area (Å²) in [5, 5.41) is 11.5. The molecule has 0 saturated carbocycles. The van der Waals surface area contributed by atoms with E-state index in [1.807, 2.05) is 0 Å². The molecule has 0 aliphatic heterocycles. The van der Waals surface area contributed by atoms with Gasteiger partial charge < -0.3 is 15.2 Å². The van der Waals surface area contributed by atoms with Crippen molar-refractivity contribution in [2.24, 2.45) is 0 Å². The molecule has 0 radical (unpaired) electrons. The molecule has 0 aliphatic carbocycles. The number of rotatable bonds is 7. The van der Waals surface area contributed by atoms with E-state index in [0.29, 0.717) is 18.8 Å². The summed E-state index contributed by atoms with van der Waals surface area (Å²) in [6, 6.07) is 6.73. The molecule has 17 heavy (non-hydrogen) atoms. The highest BCUT2D eigenvalue weighted by atomic mass is 32.2. The fraction of sp³-hybridized carbons (Fsp3) is 0.455. The topological polar surface area (TPSA) is 75.6 Å². The summed E-state index contributed by atoms with van der Waals surface area (Å²) in [7, 11) is -3.22. The molecule has 0 fully saturated rings. The van der Waals surface area contributed by atoms with Gasteiger partial charge in [-0.2, -0.15) is 0 Å². The molecule has 1 aromatic carbocycles. The van der Waals surface area contributed by atoms with Gasteiger partial charge in [0, 0.05) is 12.8 Å². The fourth-order valence-electron chi connectivity index (χ4n) is 1.36. The maximum Gasteiger partial charge on any atom is 0.177 e.